The van der Waals surface area contributed by atoms with E-state index < -0.39 is 0 Å². The highest BCUT2D eigenvalue weighted by Gasteiger charge is 2.24. The minimum absolute atomic E-state index is 0.659. The fraction of sp³-hybridized carbons (Fsp3) is 1.00. The SMILES string of the molecule is CCCN1CC(C)CN(C)C(CCN)C1. The van der Waals surface area contributed by atoms with Crippen LogP contribution in [0, 0.1) is 5.92 Å². The first-order chi connectivity index (χ1) is 7.17. The molecule has 3 heteroatoms. The molecule has 2 unspecified atom stereocenters. The highest BCUT2D eigenvalue weighted by molar-refractivity contribution is 4.80. The molecule has 1 heterocycles. The van der Waals surface area contributed by atoms with E-state index in [4.69, 9.17) is 5.73 Å². The van der Waals surface area contributed by atoms with Crippen LogP contribution in [0.2, 0.25) is 0 Å². The topological polar surface area (TPSA) is 32.5 Å². The number of hydrogen-bond acceptors (Lipinski definition) is 3. The van der Waals surface area contributed by atoms with E-state index in [0.29, 0.717) is 6.04 Å². The Hall–Kier alpha value is -0.120. The molecule has 0 amide bonds. The van der Waals surface area contributed by atoms with Gasteiger partial charge < -0.3 is 15.5 Å². The molecule has 0 aromatic carbocycles. The van der Waals surface area contributed by atoms with Gasteiger partial charge in [0, 0.05) is 25.7 Å². The van der Waals surface area contributed by atoms with Gasteiger partial charge in [-0.15, -0.1) is 0 Å². The third kappa shape index (κ3) is 4.09. The summed E-state index contributed by atoms with van der Waals surface area (Å²) in [4.78, 5) is 5.10. The first-order valence-electron chi connectivity index (χ1n) is 6.30. The van der Waals surface area contributed by atoms with Crippen LogP contribution in [-0.4, -0.2) is 55.6 Å². The number of nitrogens with zero attached hydrogens (tertiary/aromatic N) is 2. The van der Waals surface area contributed by atoms with E-state index in [1.54, 1.807) is 0 Å². The van der Waals surface area contributed by atoms with Crippen LogP contribution in [0.5, 0.6) is 0 Å². The Morgan fingerprint density at radius 1 is 1.27 bits per heavy atom. The van der Waals surface area contributed by atoms with Crippen molar-refractivity contribution in [3.05, 3.63) is 0 Å². The largest absolute Gasteiger partial charge is 0.330 e. The van der Waals surface area contributed by atoms with Crippen LogP contribution < -0.4 is 5.73 Å². The van der Waals surface area contributed by atoms with Crippen molar-refractivity contribution >= 4 is 0 Å². The molecule has 0 bridgehead atoms. The molecular formula is C12H27N3. The average Bonchev–Trinajstić information content (AvgIpc) is 2.28. The highest BCUT2D eigenvalue weighted by Crippen LogP contribution is 2.14. The predicted molar refractivity (Wildman–Crippen MR) is 66.0 cm³/mol. The van der Waals surface area contributed by atoms with Crippen molar-refractivity contribution in [2.24, 2.45) is 11.7 Å². The van der Waals surface area contributed by atoms with E-state index in [1.807, 2.05) is 0 Å². The molecule has 0 radical (unpaired) electrons. The second-order valence-electron chi connectivity index (χ2n) is 5.04. The molecule has 1 rings (SSSR count). The van der Waals surface area contributed by atoms with Gasteiger partial charge in [0.2, 0.25) is 0 Å². The maximum Gasteiger partial charge on any atom is 0.0232 e. The second kappa shape index (κ2) is 6.46. The molecule has 3 nitrogen and oxygen atoms in total. The molecule has 0 aromatic heterocycles. The van der Waals surface area contributed by atoms with E-state index in [9.17, 15) is 0 Å². The lowest BCUT2D eigenvalue weighted by atomic mass is 10.1. The third-order valence-electron chi connectivity index (χ3n) is 3.30. The zero-order valence-electron chi connectivity index (χ0n) is 10.6. The fourth-order valence-electron chi connectivity index (χ4n) is 2.65. The van der Waals surface area contributed by atoms with Gasteiger partial charge in [-0.2, -0.15) is 0 Å². The van der Waals surface area contributed by atoms with Crippen molar-refractivity contribution in [3.8, 4) is 0 Å². The van der Waals surface area contributed by atoms with Gasteiger partial charge in [-0.25, -0.2) is 0 Å². The van der Waals surface area contributed by atoms with Crippen molar-refractivity contribution in [1.82, 2.24) is 9.80 Å². The molecule has 0 aromatic rings. The Kier molecular flexibility index (Phi) is 5.58. The lowest BCUT2D eigenvalue weighted by molar-refractivity contribution is 0.200. The van der Waals surface area contributed by atoms with Crippen LogP contribution in [0.15, 0.2) is 0 Å². The normalized spacial score (nSPS) is 30.4. The van der Waals surface area contributed by atoms with Gasteiger partial charge in [-0.05, 0) is 38.9 Å². The molecule has 0 saturated carbocycles. The maximum absolute atomic E-state index is 5.68. The van der Waals surface area contributed by atoms with Gasteiger partial charge in [0.25, 0.3) is 0 Å². The van der Waals surface area contributed by atoms with Gasteiger partial charge in [0.05, 0.1) is 0 Å². The molecule has 2 atom stereocenters. The Balaban J connectivity index is 2.55. The number of likely N-dealkylation sites (N-methyl/N-ethyl adjacent to an activating group) is 1. The number of hydrogen-bond donors (Lipinski definition) is 1. The molecule has 2 N–H and O–H groups in total. The second-order valence-corrected chi connectivity index (χ2v) is 5.04. The Bertz CT molecular complexity index is 172. The molecule has 1 fully saturated rings. The Labute approximate surface area is 94.6 Å². The quantitative estimate of drug-likeness (QED) is 0.756. The standard InChI is InChI=1S/C12H27N3/c1-4-7-15-9-11(2)8-14(3)12(10-15)5-6-13/h11-12H,4-10,13H2,1-3H3. The van der Waals surface area contributed by atoms with Crippen molar-refractivity contribution < 1.29 is 0 Å². The van der Waals surface area contributed by atoms with Crippen molar-refractivity contribution in [3.63, 3.8) is 0 Å². The summed E-state index contributed by atoms with van der Waals surface area (Å²) >= 11 is 0. The highest BCUT2D eigenvalue weighted by atomic mass is 15.2. The van der Waals surface area contributed by atoms with Crippen LogP contribution in [0.3, 0.4) is 0 Å². The number of rotatable bonds is 4. The van der Waals surface area contributed by atoms with Crippen LogP contribution in [0.4, 0.5) is 0 Å². The summed E-state index contributed by atoms with van der Waals surface area (Å²) < 4.78 is 0. The van der Waals surface area contributed by atoms with Crippen molar-refractivity contribution in [2.45, 2.75) is 32.7 Å². The maximum atomic E-state index is 5.68. The van der Waals surface area contributed by atoms with Gasteiger partial charge in [0.1, 0.15) is 0 Å². The first-order valence-corrected chi connectivity index (χ1v) is 6.30. The van der Waals surface area contributed by atoms with Gasteiger partial charge in [0.15, 0.2) is 0 Å². The average molecular weight is 213 g/mol. The molecule has 1 aliphatic rings. The smallest absolute Gasteiger partial charge is 0.0232 e. The summed E-state index contributed by atoms with van der Waals surface area (Å²) in [5.41, 5.74) is 5.68. The van der Waals surface area contributed by atoms with Crippen molar-refractivity contribution in [2.75, 3.05) is 39.8 Å². The minimum atomic E-state index is 0.659. The Morgan fingerprint density at radius 3 is 2.60 bits per heavy atom. The summed E-state index contributed by atoms with van der Waals surface area (Å²) in [6.07, 6.45) is 2.38. The summed E-state index contributed by atoms with van der Waals surface area (Å²) in [7, 11) is 2.24. The van der Waals surface area contributed by atoms with E-state index in [1.165, 1.54) is 32.6 Å². The van der Waals surface area contributed by atoms with Crippen LogP contribution in [0.1, 0.15) is 26.7 Å². The summed E-state index contributed by atoms with van der Waals surface area (Å²) in [6, 6.07) is 0.659. The van der Waals surface area contributed by atoms with Gasteiger partial charge in [-0.1, -0.05) is 13.8 Å². The first kappa shape index (κ1) is 12.9. The van der Waals surface area contributed by atoms with E-state index in [-0.39, 0.29) is 0 Å². The van der Waals surface area contributed by atoms with Crippen LogP contribution in [-0.2, 0) is 0 Å². The summed E-state index contributed by atoms with van der Waals surface area (Å²) in [5, 5.41) is 0. The Morgan fingerprint density at radius 2 is 2.00 bits per heavy atom. The van der Waals surface area contributed by atoms with E-state index >= 15 is 0 Å². The lowest BCUT2D eigenvalue weighted by Gasteiger charge is -2.28. The zero-order valence-corrected chi connectivity index (χ0v) is 10.6. The lowest BCUT2D eigenvalue weighted by Crippen LogP contribution is -2.40. The molecule has 15 heavy (non-hydrogen) atoms. The van der Waals surface area contributed by atoms with Crippen LogP contribution in [0.25, 0.3) is 0 Å². The minimum Gasteiger partial charge on any atom is -0.330 e. The number of nitrogens with two attached hydrogens (primary N) is 1. The fourth-order valence-corrected chi connectivity index (χ4v) is 2.65. The zero-order chi connectivity index (χ0) is 11.3. The molecule has 90 valence electrons. The van der Waals surface area contributed by atoms with E-state index in [0.717, 1.165) is 18.9 Å². The van der Waals surface area contributed by atoms with Gasteiger partial charge in [-0.3, -0.25) is 0 Å². The molecule has 1 aliphatic heterocycles. The summed E-state index contributed by atoms with van der Waals surface area (Å²) in [5.74, 6) is 0.782. The molecule has 0 aliphatic carbocycles. The third-order valence-corrected chi connectivity index (χ3v) is 3.30. The molecule has 1 saturated heterocycles. The monoisotopic (exact) mass is 213 g/mol. The summed E-state index contributed by atoms with van der Waals surface area (Å²) in [6.45, 7) is 10.3. The van der Waals surface area contributed by atoms with E-state index in [2.05, 4.69) is 30.7 Å². The molecule has 0 spiro atoms. The van der Waals surface area contributed by atoms with Crippen LogP contribution >= 0.6 is 0 Å². The predicted octanol–water partition coefficient (Wildman–Crippen LogP) is 0.997. The van der Waals surface area contributed by atoms with Crippen molar-refractivity contribution in [1.29, 1.82) is 0 Å². The molecular weight excluding hydrogens is 186 g/mol. The van der Waals surface area contributed by atoms with Gasteiger partial charge >= 0.3 is 0 Å².